The lowest BCUT2D eigenvalue weighted by molar-refractivity contribution is -0.125. The Morgan fingerprint density at radius 2 is 1.85 bits per heavy atom. The SMILES string of the molecule is O=C(CNC(=O)C(F)Cl)Nc1cccc2ccccc12. The predicted molar refractivity (Wildman–Crippen MR) is 76.3 cm³/mol. The lowest BCUT2D eigenvalue weighted by atomic mass is 10.1. The Morgan fingerprint density at radius 1 is 1.15 bits per heavy atom. The Balaban J connectivity index is 2.05. The molecular formula is C14H12ClFN2O2. The normalized spacial score (nSPS) is 11.9. The third-order valence-corrected chi connectivity index (χ3v) is 2.88. The van der Waals surface area contributed by atoms with Gasteiger partial charge in [0.1, 0.15) is 0 Å². The summed E-state index contributed by atoms with van der Waals surface area (Å²) >= 11 is 4.94. The van der Waals surface area contributed by atoms with E-state index in [0.29, 0.717) is 5.69 Å². The van der Waals surface area contributed by atoms with Crippen LogP contribution in [0.5, 0.6) is 0 Å². The number of benzene rings is 2. The van der Waals surface area contributed by atoms with E-state index in [1.807, 2.05) is 36.4 Å². The summed E-state index contributed by atoms with van der Waals surface area (Å²) in [6.07, 6.45) is 0. The molecule has 0 aliphatic carbocycles. The monoisotopic (exact) mass is 294 g/mol. The van der Waals surface area contributed by atoms with Gasteiger partial charge in [-0.15, -0.1) is 0 Å². The number of halogens is 2. The first-order chi connectivity index (χ1) is 9.58. The highest BCUT2D eigenvalue weighted by Gasteiger charge is 2.14. The molecule has 4 nitrogen and oxygen atoms in total. The Bertz CT molecular complexity index is 641. The highest BCUT2D eigenvalue weighted by molar-refractivity contribution is 6.29. The van der Waals surface area contributed by atoms with Crippen LogP contribution in [0.25, 0.3) is 10.8 Å². The number of amides is 2. The van der Waals surface area contributed by atoms with Crippen molar-refractivity contribution in [2.75, 3.05) is 11.9 Å². The average molecular weight is 295 g/mol. The molecule has 1 unspecified atom stereocenters. The third-order valence-electron chi connectivity index (χ3n) is 2.69. The molecule has 0 aliphatic rings. The van der Waals surface area contributed by atoms with Crippen molar-refractivity contribution in [3.8, 4) is 0 Å². The van der Waals surface area contributed by atoms with E-state index >= 15 is 0 Å². The average Bonchev–Trinajstić information content (AvgIpc) is 2.45. The molecule has 0 fully saturated rings. The maximum absolute atomic E-state index is 12.4. The lowest BCUT2D eigenvalue weighted by Gasteiger charge is -2.09. The molecule has 2 aromatic rings. The van der Waals surface area contributed by atoms with Crippen molar-refractivity contribution in [3.05, 3.63) is 42.5 Å². The molecule has 0 heterocycles. The molecule has 0 aromatic heterocycles. The number of nitrogens with one attached hydrogen (secondary N) is 2. The van der Waals surface area contributed by atoms with Crippen molar-refractivity contribution in [1.82, 2.24) is 5.32 Å². The van der Waals surface area contributed by atoms with E-state index < -0.39 is 17.4 Å². The Kier molecular flexibility index (Phi) is 4.53. The second-order valence-electron chi connectivity index (χ2n) is 4.09. The van der Waals surface area contributed by atoms with Crippen molar-refractivity contribution >= 4 is 39.9 Å². The molecule has 20 heavy (non-hydrogen) atoms. The summed E-state index contributed by atoms with van der Waals surface area (Å²) in [4.78, 5) is 22.6. The Hall–Kier alpha value is -2.14. The number of alkyl halides is 2. The summed E-state index contributed by atoms with van der Waals surface area (Å²) in [6, 6.07) is 13.0. The van der Waals surface area contributed by atoms with Crippen LogP contribution in [0, 0.1) is 0 Å². The van der Waals surface area contributed by atoms with Gasteiger partial charge in [-0.05, 0) is 11.5 Å². The van der Waals surface area contributed by atoms with Crippen LogP contribution in [-0.2, 0) is 9.59 Å². The zero-order chi connectivity index (χ0) is 14.5. The molecule has 6 heteroatoms. The van der Waals surface area contributed by atoms with Crippen LogP contribution in [0.15, 0.2) is 42.5 Å². The summed E-state index contributed by atoms with van der Waals surface area (Å²) in [5, 5.41) is 6.62. The summed E-state index contributed by atoms with van der Waals surface area (Å²) in [6.45, 7) is -0.338. The minimum absolute atomic E-state index is 0.338. The fraction of sp³-hybridized carbons (Fsp3) is 0.143. The minimum Gasteiger partial charge on any atom is -0.343 e. The smallest absolute Gasteiger partial charge is 0.270 e. The van der Waals surface area contributed by atoms with Crippen LogP contribution >= 0.6 is 11.6 Å². The molecule has 2 amide bonds. The predicted octanol–water partition coefficient (Wildman–Crippen LogP) is 2.43. The molecule has 0 saturated carbocycles. The number of carbonyl (C=O) groups is 2. The minimum atomic E-state index is -2.15. The molecule has 0 aliphatic heterocycles. The molecule has 2 N–H and O–H groups in total. The number of anilines is 1. The Labute approximate surface area is 119 Å². The van der Waals surface area contributed by atoms with Gasteiger partial charge in [0.2, 0.25) is 5.91 Å². The van der Waals surface area contributed by atoms with Gasteiger partial charge >= 0.3 is 0 Å². The van der Waals surface area contributed by atoms with E-state index in [4.69, 9.17) is 11.6 Å². The zero-order valence-corrected chi connectivity index (χ0v) is 11.2. The molecule has 2 aromatic carbocycles. The standard InChI is InChI=1S/C14H12ClFN2O2/c15-13(16)14(20)17-8-12(19)18-11-7-3-5-9-4-1-2-6-10(9)11/h1-7,13H,8H2,(H,17,20)(H,18,19). The number of rotatable bonds is 4. The first-order valence-corrected chi connectivity index (χ1v) is 6.35. The van der Waals surface area contributed by atoms with Gasteiger partial charge < -0.3 is 10.6 Å². The fourth-order valence-corrected chi connectivity index (χ4v) is 1.85. The molecule has 0 spiro atoms. The van der Waals surface area contributed by atoms with Crippen molar-refractivity contribution in [1.29, 1.82) is 0 Å². The van der Waals surface area contributed by atoms with Gasteiger partial charge in [0.15, 0.2) is 0 Å². The van der Waals surface area contributed by atoms with Crippen molar-refractivity contribution < 1.29 is 14.0 Å². The molecule has 2 rings (SSSR count). The van der Waals surface area contributed by atoms with E-state index in [-0.39, 0.29) is 6.54 Å². The largest absolute Gasteiger partial charge is 0.343 e. The van der Waals surface area contributed by atoms with Gasteiger partial charge in [-0.2, -0.15) is 0 Å². The first-order valence-electron chi connectivity index (χ1n) is 5.91. The second-order valence-corrected chi connectivity index (χ2v) is 4.48. The second kappa shape index (κ2) is 6.34. The maximum Gasteiger partial charge on any atom is 0.270 e. The molecule has 0 radical (unpaired) electrons. The van der Waals surface area contributed by atoms with Crippen LogP contribution < -0.4 is 10.6 Å². The molecule has 1 atom stereocenters. The van der Waals surface area contributed by atoms with E-state index in [1.54, 1.807) is 6.07 Å². The van der Waals surface area contributed by atoms with Crippen molar-refractivity contribution in [2.45, 2.75) is 5.63 Å². The van der Waals surface area contributed by atoms with Crippen LogP contribution in [0.4, 0.5) is 10.1 Å². The Morgan fingerprint density at radius 3 is 2.60 bits per heavy atom. The summed E-state index contributed by atoms with van der Waals surface area (Å²) < 4.78 is 12.4. The number of carbonyl (C=O) groups excluding carboxylic acids is 2. The highest BCUT2D eigenvalue weighted by Crippen LogP contribution is 2.22. The lowest BCUT2D eigenvalue weighted by Crippen LogP contribution is -2.36. The number of hydrogen-bond acceptors (Lipinski definition) is 2. The summed E-state index contributed by atoms with van der Waals surface area (Å²) in [5.74, 6) is -1.48. The van der Waals surface area contributed by atoms with Crippen LogP contribution in [0.1, 0.15) is 0 Å². The van der Waals surface area contributed by atoms with Crippen molar-refractivity contribution in [2.24, 2.45) is 0 Å². The van der Waals surface area contributed by atoms with Crippen LogP contribution in [0.2, 0.25) is 0 Å². The maximum atomic E-state index is 12.4. The highest BCUT2D eigenvalue weighted by atomic mass is 35.5. The van der Waals surface area contributed by atoms with Gasteiger partial charge in [-0.3, -0.25) is 9.59 Å². The first kappa shape index (κ1) is 14.3. The van der Waals surface area contributed by atoms with E-state index in [1.165, 1.54) is 0 Å². The zero-order valence-electron chi connectivity index (χ0n) is 10.4. The molecule has 104 valence electrons. The fourth-order valence-electron chi connectivity index (χ4n) is 1.77. The van der Waals surface area contributed by atoms with Crippen LogP contribution in [-0.4, -0.2) is 24.0 Å². The van der Waals surface area contributed by atoms with Gasteiger partial charge in [0.05, 0.1) is 6.54 Å². The summed E-state index contributed by atoms with van der Waals surface area (Å²) in [7, 11) is 0. The quantitative estimate of drug-likeness (QED) is 0.851. The molecule has 0 bridgehead atoms. The molecular weight excluding hydrogens is 283 g/mol. The van der Waals surface area contributed by atoms with Crippen molar-refractivity contribution in [3.63, 3.8) is 0 Å². The van der Waals surface area contributed by atoms with Gasteiger partial charge in [-0.1, -0.05) is 48.0 Å². The topological polar surface area (TPSA) is 58.2 Å². The van der Waals surface area contributed by atoms with E-state index in [9.17, 15) is 14.0 Å². The van der Waals surface area contributed by atoms with E-state index in [0.717, 1.165) is 10.8 Å². The number of hydrogen-bond donors (Lipinski definition) is 2. The third kappa shape index (κ3) is 3.45. The van der Waals surface area contributed by atoms with Gasteiger partial charge in [0, 0.05) is 11.1 Å². The summed E-state index contributed by atoms with van der Waals surface area (Å²) in [5.41, 5.74) is -1.52. The van der Waals surface area contributed by atoms with Gasteiger partial charge in [0.25, 0.3) is 11.5 Å². The van der Waals surface area contributed by atoms with Gasteiger partial charge in [-0.25, -0.2) is 4.39 Å². The van der Waals surface area contributed by atoms with E-state index in [2.05, 4.69) is 10.6 Å². The number of fused-ring (bicyclic) bond motifs is 1. The van der Waals surface area contributed by atoms with Crippen LogP contribution in [0.3, 0.4) is 0 Å². The molecule has 0 saturated heterocycles.